The van der Waals surface area contributed by atoms with E-state index in [0.717, 1.165) is 32.4 Å². The summed E-state index contributed by atoms with van der Waals surface area (Å²) < 4.78 is 0. The minimum absolute atomic E-state index is 0.0342. The molecule has 0 spiro atoms. The number of aliphatic hydroxyl groups is 1. The number of hydrogen-bond acceptors (Lipinski definition) is 3. The minimum Gasteiger partial charge on any atom is -0.394 e. The van der Waals surface area contributed by atoms with Gasteiger partial charge in [-0.1, -0.05) is 13.8 Å². The number of amides is 1. The second kappa shape index (κ2) is 6.97. The SMILES string of the molecule is CC(C)CC(CO)NC(=O)C1CCCN(C)C1. The normalized spacial score (nSPS) is 23.7. The average molecular weight is 242 g/mol. The van der Waals surface area contributed by atoms with Crippen LogP contribution in [-0.4, -0.2) is 48.7 Å². The van der Waals surface area contributed by atoms with Crippen LogP contribution in [0.25, 0.3) is 0 Å². The minimum atomic E-state index is -0.0882. The number of nitrogens with one attached hydrogen (secondary N) is 1. The molecule has 0 bridgehead atoms. The highest BCUT2D eigenvalue weighted by molar-refractivity contribution is 5.79. The van der Waals surface area contributed by atoms with Crippen LogP contribution in [0.2, 0.25) is 0 Å². The summed E-state index contributed by atoms with van der Waals surface area (Å²) in [4.78, 5) is 14.2. The van der Waals surface area contributed by atoms with Gasteiger partial charge in [0.05, 0.1) is 18.6 Å². The van der Waals surface area contributed by atoms with Crippen LogP contribution in [-0.2, 0) is 4.79 Å². The Morgan fingerprint density at radius 3 is 2.76 bits per heavy atom. The number of rotatable bonds is 5. The van der Waals surface area contributed by atoms with Gasteiger partial charge in [0.15, 0.2) is 0 Å². The van der Waals surface area contributed by atoms with E-state index in [-0.39, 0.29) is 24.5 Å². The fourth-order valence-corrected chi connectivity index (χ4v) is 2.45. The predicted molar refractivity (Wildman–Crippen MR) is 68.7 cm³/mol. The highest BCUT2D eigenvalue weighted by Crippen LogP contribution is 2.15. The predicted octanol–water partition coefficient (Wildman–Crippen LogP) is 0.851. The number of aliphatic hydroxyl groups excluding tert-OH is 1. The van der Waals surface area contributed by atoms with Crippen molar-refractivity contribution in [2.24, 2.45) is 11.8 Å². The van der Waals surface area contributed by atoms with Gasteiger partial charge in [-0.3, -0.25) is 4.79 Å². The smallest absolute Gasteiger partial charge is 0.224 e. The molecule has 1 saturated heterocycles. The number of likely N-dealkylation sites (tertiary alicyclic amines) is 1. The molecule has 1 heterocycles. The Morgan fingerprint density at radius 1 is 1.53 bits per heavy atom. The monoisotopic (exact) mass is 242 g/mol. The highest BCUT2D eigenvalue weighted by atomic mass is 16.3. The molecule has 2 unspecified atom stereocenters. The molecule has 0 aromatic rings. The molecule has 0 radical (unpaired) electrons. The van der Waals surface area contributed by atoms with Crippen molar-refractivity contribution < 1.29 is 9.90 Å². The van der Waals surface area contributed by atoms with Gasteiger partial charge in [0.25, 0.3) is 0 Å². The fraction of sp³-hybridized carbons (Fsp3) is 0.923. The average Bonchev–Trinajstić information content (AvgIpc) is 2.27. The molecule has 4 nitrogen and oxygen atoms in total. The van der Waals surface area contributed by atoms with Crippen LogP contribution in [0.5, 0.6) is 0 Å². The molecule has 1 fully saturated rings. The molecule has 2 N–H and O–H groups in total. The van der Waals surface area contributed by atoms with Gasteiger partial charge < -0.3 is 15.3 Å². The summed E-state index contributed by atoms with van der Waals surface area (Å²) in [5, 5.41) is 12.2. The highest BCUT2D eigenvalue weighted by Gasteiger charge is 2.25. The van der Waals surface area contributed by atoms with Gasteiger partial charge in [0.2, 0.25) is 5.91 Å². The Hall–Kier alpha value is -0.610. The standard InChI is InChI=1S/C13H26N2O2/c1-10(2)7-12(9-16)14-13(17)11-5-4-6-15(3)8-11/h10-12,16H,4-9H2,1-3H3,(H,14,17). The Labute approximate surface area is 104 Å². The second-order valence-electron chi connectivity index (χ2n) is 5.62. The van der Waals surface area contributed by atoms with E-state index < -0.39 is 0 Å². The van der Waals surface area contributed by atoms with Crippen molar-refractivity contribution in [2.75, 3.05) is 26.7 Å². The summed E-state index contributed by atoms with van der Waals surface area (Å²) >= 11 is 0. The van der Waals surface area contributed by atoms with Gasteiger partial charge in [-0.2, -0.15) is 0 Å². The van der Waals surface area contributed by atoms with E-state index in [9.17, 15) is 9.90 Å². The zero-order chi connectivity index (χ0) is 12.8. The van der Waals surface area contributed by atoms with Crippen molar-refractivity contribution in [1.29, 1.82) is 0 Å². The van der Waals surface area contributed by atoms with Crippen molar-refractivity contribution in [1.82, 2.24) is 10.2 Å². The Bertz CT molecular complexity index is 244. The van der Waals surface area contributed by atoms with E-state index in [4.69, 9.17) is 0 Å². The molecule has 1 amide bonds. The maximum atomic E-state index is 12.0. The van der Waals surface area contributed by atoms with Gasteiger partial charge >= 0.3 is 0 Å². The molecule has 17 heavy (non-hydrogen) atoms. The van der Waals surface area contributed by atoms with Gasteiger partial charge in [-0.15, -0.1) is 0 Å². The molecule has 1 aliphatic rings. The maximum Gasteiger partial charge on any atom is 0.224 e. The van der Waals surface area contributed by atoms with E-state index >= 15 is 0 Å². The molecule has 0 aliphatic carbocycles. The molecular formula is C13H26N2O2. The van der Waals surface area contributed by atoms with Crippen molar-refractivity contribution in [3.63, 3.8) is 0 Å². The van der Waals surface area contributed by atoms with E-state index in [2.05, 4.69) is 31.1 Å². The first-order valence-corrected chi connectivity index (χ1v) is 6.62. The van der Waals surface area contributed by atoms with Crippen LogP contribution in [0.3, 0.4) is 0 Å². The molecule has 4 heteroatoms. The lowest BCUT2D eigenvalue weighted by molar-refractivity contribution is -0.127. The molecule has 0 aromatic carbocycles. The van der Waals surface area contributed by atoms with Crippen LogP contribution >= 0.6 is 0 Å². The van der Waals surface area contributed by atoms with E-state index in [1.54, 1.807) is 0 Å². The molecule has 100 valence electrons. The summed E-state index contributed by atoms with van der Waals surface area (Å²) in [7, 11) is 2.05. The lowest BCUT2D eigenvalue weighted by Gasteiger charge is -2.30. The third-order valence-corrected chi connectivity index (χ3v) is 3.32. The fourth-order valence-electron chi connectivity index (χ4n) is 2.45. The van der Waals surface area contributed by atoms with E-state index in [1.807, 2.05) is 0 Å². The first-order valence-electron chi connectivity index (χ1n) is 6.62. The first kappa shape index (κ1) is 14.5. The topological polar surface area (TPSA) is 52.6 Å². The van der Waals surface area contributed by atoms with Crippen molar-refractivity contribution in [2.45, 2.75) is 39.2 Å². The third kappa shape index (κ3) is 5.04. The number of carbonyl (C=O) groups is 1. The molecule has 2 atom stereocenters. The number of carbonyl (C=O) groups excluding carboxylic acids is 1. The molecule has 1 aliphatic heterocycles. The van der Waals surface area contributed by atoms with Gasteiger partial charge in [0, 0.05) is 6.54 Å². The van der Waals surface area contributed by atoms with Gasteiger partial charge in [-0.25, -0.2) is 0 Å². The van der Waals surface area contributed by atoms with Crippen LogP contribution in [0.1, 0.15) is 33.1 Å². The van der Waals surface area contributed by atoms with Gasteiger partial charge in [0.1, 0.15) is 0 Å². The Balaban J connectivity index is 2.40. The first-order chi connectivity index (χ1) is 8.02. The summed E-state index contributed by atoms with van der Waals surface area (Å²) in [6.45, 7) is 6.16. The Kier molecular flexibility index (Phi) is 5.92. The zero-order valence-corrected chi connectivity index (χ0v) is 11.3. The molecule has 0 saturated carbocycles. The van der Waals surface area contributed by atoms with Crippen molar-refractivity contribution in [3.05, 3.63) is 0 Å². The molecular weight excluding hydrogens is 216 g/mol. The summed E-state index contributed by atoms with van der Waals surface area (Å²) in [6.07, 6.45) is 2.89. The summed E-state index contributed by atoms with van der Waals surface area (Å²) in [5.74, 6) is 0.688. The van der Waals surface area contributed by atoms with E-state index in [1.165, 1.54) is 0 Å². The largest absolute Gasteiger partial charge is 0.394 e. The van der Waals surface area contributed by atoms with Crippen LogP contribution < -0.4 is 5.32 Å². The quantitative estimate of drug-likeness (QED) is 0.751. The van der Waals surface area contributed by atoms with E-state index in [0.29, 0.717) is 5.92 Å². The van der Waals surface area contributed by atoms with Crippen molar-refractivity contribution in [3.8, 4) is 0 Å². The summed E-state index contributed by atoms with van der Waals surface area (Å²) in [5.41, 5.74) is 0. The molecule has 1 rings (SSSR count). The Morgan fingerprint density at radius 2 is 2.24 bits per heavy atom. The lowest BCUT2D eigenvalue weighted by Crippen LogP contribution is -2.46. The second-order valence-corrected chi connectivity index (χ2v) is 5.62. The van der Waals surface area contributed by atoms with Crippen LogP contribution in [0, 0.1) is 11.8 Å². The lowest BCUT2D eigenvalue weighted by atomic mass is 9.96. The third-order valence-electron chi connectivity index (χ3n) is 3.32. The zero-order valence-electron chi connectivity index (χ0n) is 11.3. The molecule has 0 aromatic heterocycles. The number of piperidine rings is 1. The van der Waals surface area contributed by atoms with Crippen molar-refractivity contribution >= 4 is 5.91 Å². The number of nitrogens with zero attached hydrogens (tertiary/aromatic N) is 1. The summed E-state index contributed by atoms with van der Waals surface area (Å²) in [6, 6.07) is -0.0882. The maximum absolute atomic E-state index is 12.0. The van der Waals surface area contributed by atoms with Gasteiger partial charge in [-0.05, 0) is 38.8 Å². The number of hydrogen-bond donors (Lipinski definition) is 2. The van der Waals surface area contributed by atoms with Crippen LogP contribution in [0.15, 0.2) is 0 Å². The van der Waals surface area contributed by atoms with Crippen LogP contribution in [0.4, 0.5) is 0 Å².